The smallest absolute Gasteiger partial charge is 0.267 e. The van der Waals surface area contributed by atoms with E-state index in [1.54, 1.807) is 16.8 Å². The van der Waals surface area contributed by atoms with Crippen LogP contribution in [0.1, 0.15) is 21.2 Å². The number of nitrogens with one attached hydrogen (secondary N) is 1. The molecule has 0 saturated heterocycles. The van der Waals surface area contributed by atoms with Gasteiger partial charge in [0.05, 0.1) is 11.4 Å². The number of halogens is 1. The van der Waals surface area contributed by atoms with Crippen LogP contribution in [0.5, 0.6) is 0 Å². The van der Waals surface area contributed by atoms with E-state index < -0.39 is 0 Å². The molecule has 2 aromatic carbocycles. The number of rotatable bonds is 4. The summed E-state index contributed by atoms with van der Waals surface area (Å²) in [6, 6.07) is 14.7. The first-order chi connectivity index (χ1) is 13.5. The fourth-order valence-electron chi connectivity index (χ4n) is 2.70. The number of aromatic nitrogens is 5. The normalized spacial score (nSPS) is 10.8. The lowest BCUT2D eigenvalue weighted by Gasteiger charge is -2.07. The summed E-state index contributed by atoms with van der Waals surface area (Å²) in [5.74, 6) is 0.454. The van der Waals surface area contributed by atoms with Crippen LogP contribution in [0.15, 0.2) is 48.5 Å². The molecule has 4 rings (SSSR count). The minimum Gasteiger partial charge on any atom is -0.321 e. The van der Waals surface area contributed by atoms with E-state index in [0.29, 0.717) is 27.1 Å². The zero-order valence-electron chi connectivity index (χ0n) is 15.0. The largest absolute Gasteiger partial charge is 0.321 e. The first-order valence-corrected chi connectivity index (χ1v) is 9.61. The predicted octanol–water partition coefficient (Wildman–Crippen LogP) is 4.31. The topological polar surface area (TPSA) is 85.6 Å². The Labute approximate surface area is 170 Å². The Balaban J connectivity index is 1.58. The third-order valence-electron chi connectivity index (χ3n) is 4.07. The van der Waals surface area contributed by atoms with Gasteiger partial charge in [-0.2, -0.15) is 4.68 Å². The molecule has 0 bridgehead atoms. The van der Waals surface area contributed by atoms with E-state index in [4.69, 9.17) is 11.6 Å². The number of anilines is 1. The number of hydrogen-bond donors (Lipinski definition) is 1. The highest BCUT2D eigenvalue weighted by Crippen LogP contribution is 2.29. The number of tetrazole rings is 1. The van der Waals surface area contributed by atoms with Crippen LogP contribution in [0.2, 0.25) is 5.02 Å². The first-order valence-electron chi connectivity index (χ1n) is 8.41. The Bertz CT molecular complexity index is 1150. The molecule has 0 radical (unpaired) electrons. The highest BCUT2D eigenvalue weighted by molar-refractivity contribution is 7.17. The molecular formula is C19H15ClN6OS. The summed E-state index contributed by atoms with van der Waals surface area (Å²) in [5.41, 5.74) is 3.02. The van der Waals surface area contributed by atoms with E-state index >= 15 is 0 Å². The van der Waals surface area contributed by atoms with Crippen molar-refractivity contribution in [1.82, 2.24) is 25.2 Å². The molecule has 2 aromatic heterocycles. The molecule has 0 atom stereocenters. The molecule has 0 aliphatic rings. The van der Waals surface area contributed by atoms with Gasteiger partial charge in [-0.15, -0.1) is 16.4 Å². The number of nitrogens with zero attached hydrogens (tertiary/aromatic N) is 5. The second kappa shape index (κ2) is 7.49. The molecule has 4 aromatic rings. The maximum Gasteiger partial charge on any atom is 0.267 e. The van der Waals surface area contributed by atoms with E-state index in [1.165, 1.54) is 11.3 Å². The van der Waals surface area contributed by atoms with E-state index in [2.05, 4.69) is 25.8 Å². The minimum absolute atomic E-state index is 0.208. The van der Waals surface area contributed by atoms with Crippen LogP contribution in [0.4, 0.5) is 5.69 Å². The molecule has 0 aliphatic carbocycles. The molecule has 9 heteroatoms. The molecular weight excluding hydrogens is 396 g/mol. The van der Waals surface area contributed by atoms with Crippen molar-refractivity contribution in [2.45, 2.75) is 13.8 Å². The molecule has 0 unspecified atom stereocenters. The lowest BCUT2D eigenvalue weighted by Crippen LogP contribution is -2.12. The maximum absolute atomic E-state index is 12.8. The van der Waals surface area contributed by atoms with Crippen molar-refractivity contribution < 1.29 is 4.79 Å². The van der Waals surface area contributed by atoms with Gasteiger partial charge in [0.25, 0.3) is 5.91 Å². The molecule has 2 heterocycles. The number of carbonyl (C=O) groups is 1. The summed E-state index contributed by atoms with van der Waals surface area (Å²) in [7, 11) is 0. The third kappa shape index (κ3) is 3.64. The van der Waals surface area contributed by atoms with E-state index in [1.807, 2.05) is 50.2 Å². The number of benzene rings is 2. The molecule has 0 aliphatic heterocycles. The lowest BCUT2D eigenvalue weighted by atomic mass is 10.2. The van der Waals surface area contributed by atoms with E-state index in [9.17, 15) is 4.79 Å². The van der Waals surface area contributed by atoms with E-state index in [-0.39, 0.29) is 5.91 Å². The summed E-state index contributed by atoms with van der Waals surface area (Å²) in [5, 5.41) is 15.8. The molecule has 0 saturated carbocycles. The van der Waals surface area contributed by atoms with Gasteiger partial charge >= 0.3 is 0 Å². The van der Waals surface area contributed by atoms with Gasteiger partial charge < -0.3 is 5.32 Å². The first kappa shape index (κ1) is 18.3. The number of carbonyl (C=O) groups excluding carboxylic acids is 1. The van der Waals surface area contributed by atoms with Gasteiger partial charge in [-0.3, -0.25) is 4.79 Å². The van der Waals surface area contributed by atoms with Crippen LogP contribution in [-0.2, 0) is 0 Å². The summed E-state index contributed by atoms with van der Waals surface area (Å²) < 4.78 is 1.60. The van der Waals surface area contributed by atoms with Crippen molar-refractivity contribution in [3.63, 3.8) is 0 Å². The predicted molar refractivity (Wildman–Crippen MR) is 109 cm³/mol. The Morgan fingerprint density at radius 2 is 1.93 bits per heavy atom. The highest BCUT2D eigenvalue weighted by Gasteiger charge is 2.17. The summed E-state index contributed by atoms with van der Waals surface area (Å²) >= 11 is 7.29. The molecule has 7 nitrogen and oxygen atoms in total. The SMILES string of the molecule is Cc1nc(-c2ccc(Cl)cc2)sc1C(=O)Nc1cccc(-n2nnnc2C)c1. The van der Waals surface area contributed by atoms with E-state index in [0.717, 1.165) is 16.3 Å². The third-order valence-corrected chi connectivity index (χ3v) is 5.53. The Morgan fingerprint density at radius 1 is 1.14 bits per heavy atom. The zero-order valence-corrected chi connectivity index (χ0v) is 16.6. The van der Waals surface area contributed by atoms with Gasteiger partial charge in [-0.05, 0) is 54.6 Å². The standard InChI is InChI=1S/C19H15ClN6OS/c1-11-17(28-19(21-11)13-6-8-14(20)9-7-13)18(27)22-15-4-3-5-16(10-15)26-12(2)23-24-25-26/h3-10H,1-2H3,(H,22,27). The average Bonchev–Trinajstić information content (AvgIpc) is 3.28. The Morgan fingerprint density at radius 3 is 2.64 bits per heavy atom. The van der Waals surface area contributed by atoms with Gasteiger partial charge in [-0.1, -0.05) is 29.8 Å². The quantitative estimate of drug-likeness (QED) is 0.541. The summed E-state index contributed by atoms with van der Waals surface area (Å²) in [6.45, 7) is 3.63. The Kier molecular flexibility index (Phi) is 4.89. The highest BCUT2D eigenvalue weighted by atomic mass is 35.5. The van der Waals surface area contributed by atoms with Crippen LogP contribution in [0.3, 0.4) is 0 Å². The monoisotopic (exact) mass is 410 g/mol. The number of hydrogen-bond acceptors (Lipinski definition) is 6. The van der Waals surface area contributed by atoms with Crippen molar-refractivity contribution in [3.8, 4) is 16.3 Å². The lowest BCUT2D eigenvalue weighted by molar-refractivity contribution is 0.103. The second-order valence-corrected chi connectivity index (χ2v) is 7.52. The van der Waals surface area contributed by atoms with Crippen molar-refractivity contribution in [1.29, 1.82) is 0 Å². The molecule has 0 fully saturated rings. The summed E-state index contributed by atoms with van der Waals surface area (Å²) in [6.07, 6.45) is 0. The minimum atomic E-state index is -0.208. The van der Waals surface area contributed by atoms with Crippen LogP contribution < -0.4 is 5.32 Å². The molecule has 140 valence electrons. The number of thiazole rings is 1. The average molecular weight is 411 g/mol. The zero-order chi connectivity index (χ0) is 19.7. The van der Waals surface area contributed by atoms with Crippen LogP contribution in [0, 0.1) is 13.8 Å². The molecule has 28 heavy (non-hydrogen) atoms. The number of aryl methyl sites for hydroxylation is 2. The van der Waals surface area contributed by atoms with Crippen molar-refractivity contribution in [2.75, 3.05) is 5.32 Å². The van der Waals surface area contributed by atoms with Gasteiger partial charge in [0, 0.05) is 16.3 Å². The maximum atomic E-state index is 12.8. The molecule has 1 N–H and O–H groups in total. The fourth-order valence-corrected chi connectivity index (χ4v) is 3.79. The van der Waals surface area contributed by atoms with Gasteiger partial charge in [0.1, 0.15) is 9.88 Å². The van der Waals surface area contributed by atoms with Crippen LogP contribution in [0.25, 0.3) is 16.3 Å². The second-order valence-electron chi connectivity index (χ2n) is 6.08. The Hall–Kier alpha value is -3.10. The van der Waals surface area contributed by atoms with Crippen molar-refractivity contribution in [3.05, 3.63) is 69.9 Å². The molecule has 0 spiro atoms. The summed E-state index contributed by atoms with van der Waals surface area (Å²) in [4.78, 5) is 17.9. The number of amides is 1. The van der Waals surface area contributed by atoms with Crippen LogP contribution in [-0.4, -0.2) is 31.1 Å². The van der Waals surface area contributed by atoms with Crippen molar-refractivity contribution in [2.24, 2.45) is 0 Å². The van der Waals surface area contributed by atoms with Gasteiger partial charge in [0.15, 0.2) is 5.82 Å². The molecule has 1 amide bonds. The van der Waals surface area contributed by atoms with Crippen LogP contribution >= 0.6 is 22.9 Å². The van der Waals surface area contributed by atoms with Gasteiger partial charge in [-0.25, -0.2) is 4.98 Å². The van der Waals surface area contributed by atoms with Crippen molar-refractivity contribution >= 4 is 34.5 Å². The van der Waals surface area contributed by atoms with Gasteiger partial charge in [0.2, 0.25) is 0 Å². The fraction of sp³-hybridized carbons (Fsp3) is 0.105.